The van der Waals surface area contributed by atoms with Gasteiger partial charge in [0.05, 0.1) is 6.61 Å². The van der Waals surface area contributed by atoms with Crippen molar-refractivity contribution in [2.75, 3.05) is 6.61 Å². The minimum absolute atomic E-state index is 0.161. The predicted octanol–water partition coefficient (Wildman–Crippen LogP) is 3.23. The summed E-state index contributed by atoms with van der Waals surface area (Å²) in [6.07, 6.45) is 8.20. The van der Waals surface area contributed by atoms with Crippen LogP contribution in [-0.2, 0) is 4.79 Å². The first kappa shape index (κ1) is 14.2. The molecule has 21 heavy (non-hydrogen) atoms. The van der Waals surface area contributed by atoms with Gasteiger partial charge in [-0.25, -0.2) is 0 Å². The number of fused-ring (bicyclic) bond motifs is 2. The average molecular weight is 285 g/mol. The molecule has 3 heteroatoms. The van der Waals surface area contributed by atoms with Crippen molar-refractivity contribution in [1.29, 1.82) is 0 Å². The molecule has 2 bridgehead atoms. The van der Waals surface area contributed by atoms with Crippen LogP contribution in [0.15, 0.2) is 36.4 Å². The van der Waals surface area contributed by atoms with Crippen LogP contribution in [0.25, 0.3) is 0 Å². The van der Waals surface area contributed by atoms with E-state index >= 15 is 0 Å². The highest BCUT2D eigenvalue weighted by Gasteiger charge is 2.36. The lowest BCUT2D eigenvalue weighted by molar-refractivity contribution is -0.122. The molecule has 0 saturated heterocycles. The van der Waals surface area contributed by atoms with Gasteiger partial charge in [0.15, 0.2) is 0 Å². The van der Waals surface area contributed by atoms with Crippen molar-refractivity contribution < 1.29 is 9.53 Å². The van der Waals surface area contributed by atoms with Gasteiger partial charge in [0, 0.05) is 12.5 Å². The van der Waals surface area contributed by atoms with Gasteiger partial charge >= 0.3 is 0 Å². The summed E-state index contributed by atoms with van der Waals surface area (Å²) in [5.41, 5.74) is 1.22. The summed E-state index contributed by atoms with van der Waals surface area (Å²) in [6, 6.07) is 8.37. The van der Waals surface area contributed by atoms with Gasteiger partial charge in [-0.2, -0.15) is 0 Å². The lowest BCUT2D eigenvalue weighted by atomic mass is 10.0. The molecular formula is C18H23NO2. The summed E-state index contributed by atoms with van der Waals surface area (Å²) < 4.78 is 5.64. The number of allylic oxidation sites excluding steroid dienone is 1. The van der Waals surface area contributed by atoms with E-state index in [0.29, 0.717) is 30.9 Å². The summed E-state index contributed by atoms with van der Waals surface area (Å²) >= 11 is 0. The Morgan fingerprint density at radius 1 is 1.24 bits per heavy atom. The molecule has 1 saturated carbocycles. The minimum Gasteiger partial charge on any atom is -0.494 e. The van der Waals surface area contributed by atoms with Gasteiger partial charge in [-0.1, -0.05) is 29.8 Å². The van der Waals surface area contributed by atoms with E-state index in [1.165, 1.54) is 12.0 Å². The molecule has 0 radical (unpaired) electrons. The fraction of sp³-hybridized carbons (Fsp3) is 0.500. The summed E-state index contributed by atoms with van der Waals surface area (Å²) in [5.74, 6) is 2.31. The van der Waals surface area contributed by atoms with Crippen LogP contribution in [0.1, 0.15) is 31.2 Å². The number of aryl methyl sites for hydroxylation is 1. The number of hydrogen-bond donors (Lipinski definition) is 1. The second kappa shape index (κ2) is 6.33. The van der Waals surface area contributed by atoms with Gasteiger partial charge in [-0.3, -0.25) is 4.79 Å². The van der Waals surface area contributed by atoms with Crippen LogP contribution in [0.5, 0.6) is 5.75 Å². The van der Waals surface area contributed by atoms with E-state index in [2.05, 4.69) is 24.4 Å². The lowest BCUT2D eigenvalue weighted by Crippen LogP contribution is -2.37. The van der Waals surface area contributed by atoms with Crippen LogP contribution < -0.4 is 10.1 Å². The first-order valence-corrected chi connectivity index (χ1v) is 7.88. The fourth-order valence-corrected chi connectivity index (χ4v) is 3.28. The Balaban J connectivity index is 1.33. The van der Waals surface area contributed by atoms with E-state index < -0.39 is 0 Å². The first-order valence-electron chi connectivity index (χ1n) is 7.88. The van der Waals surface area contributed by atoms with Gasteiger partial charge < -0.3 is 10.1 Å². The molecule has 3 atom stereocenters. The highest BCUT2D eigenvalue weighted by atomic mass is 16.5. The molecule has 2 aliphatic carbocycles. The Labute approximate surface area is 126 Å². The zero-order valence-electron chi connectivity index (χ0n) is 12.5. The molecule has 1 aromatic rings. The monoisotopic (exact) mass is 285 g/mol. The molecule has 1 fully saturated rings. The number of carbonyl (C=O) groups excluding carboxylic acids is 1. The molecule has 112 valence electrons. The Morgan fingerprint density at radius 3 is 2.71 bits per heavy atom. The van der Waals surface area contributed by atoms with Gasteiger partial charge in [-0.15, -0.1) is 0 Å². The van der Waals surface area contributed by atoms with E-state index in [-0.39, 0.29) is 5.91 Å². The molecule has 3 unspecified atom stereocenters. The molecular weight excluding hydrogens is 262 g/mol. The molecule has 1 aromatic carbocycles. The summed E-state index contributed by atoms with van der Waals surface area (Å²) in [4.78, 5) is 11.9. The maximum atomic E-state index is 11.9. The van der Waals surface area contributed by atoms with Gasteiger partial charge in [-0.05, 0) is 50.2 Å². The Bertz CT molecular complexity index is 521. The lowest BCUT2D eigenvalue weighted by Gasteiger charge is -2.19. The van der Waals surface area contributed by atoms with Crippen LogP contribution in [0, 0.1) is 18.8 Å². The number of nitrogens with one attached hydrogen (secondary N) is 1. The Kier molecular flexibility index (Phi) is 4.28. The molecule has 0 aromatic heterocycles. The second-order valence-corrected chi connectivity index (χ2v) is 6.22. The number of carbonyl (C=O) groups is 1. The van der Waals surface area contributed by atoms with Crippen molar-refractivity contribution >= 4 is 5.91 Å². The number of ether oxygens (including phenoxy) is 1. The van der Waals surface area contributed by atoms with Crippen molar-refractivity contribution in [2.45, 2.75) is 38.6 Å². The van der Waals surface area contributed by atoms with Crippen molar-refractivity contribution in [3.8, 4) is 5.75 Å². The predicted molar refractivity (Wildman–Crippen MR) is 83.2 cm³/mol. The Morgan fingerprint density at radius 2 is 2.05 bits per heavy atom. The SMILES string of the molecule is Cc1ccc(OCCCC(=O)NC2CC3C=CC2C3)cc1. The first-order chi connectivity index (χ1) is 10.2. The van der Waals surface area contributed by atoms with Gasteiger partial charge in [0.1, 0.15) is 5.75 Å². The summed E-state index contributed by atoms with van der Waals surface area (Å²) in [5, 5.41) is 3.17. The molecule has 0 heterocycles. The van der Waals surface area contributed by atoms with Crippen molar-refractivity contribution in [3.05, 3.63) is 42.0 Å². The molecule has 3 rings (SSSR count). The standard InChI is InChI=1S/C18H23NO2/c1-13-4-8-16(9-5-13)21-10-2-3-18(20)19-17-12-14-6-7-15(17)11-14/h4-9,14-15,17H,2-3,10-12H2,1H3,(H,19,20). The summed E-state index contributed by atoms with van der Waals surface area (Å²) in [6.45, 7) is 2.64. The highest BCUT2D eigenvalue weighted by molar-refractivity contribution is 5.76. The third-order valence-electron chi connectivity index (χ3n) is 4.46. The van der Waals surface area contributed by atoms with E-state index in [0.717, 1.165) is 18.6 Å². The fourth-order valence-electron chi connectivity index (χ4n) is 3.28. The number of rotatable bonds is 6. The van der Waals surface area contributed by atoms with Crippen molar-refractivity contribution in [3.63, 3.8) is 0 Å². The quantitative estimate of drug-likeness (QED) is 0.643. The number of benzene rings is 1. The van der Waals surface area contributed by atoms with E-state index in [4.69, 9.17) is 4.74 Å². The van der Waals surface area contributed by atoms with Crippen molar-refractivity contribution in [1.82, 2.24) is 5.32 Å². The normalized spacial score (nSPS) is 26.0. The molecule has 2 aliphatic rings. The topological polar surface area (TPSA) is 38.3 Å². The highest BCUT2D eigenvalue weighted by Crippen LogP contribution is 2.38. The Hall–Kier alpha value is -1.77. The zero-order chi connectivity index (χ0) is 14.7. The summed E-state index contributed by atoms with van der Waals surface area (Å²) in [7, 11) is 0. The molecule has 3 nitrogen and oxygen atoms in total. The van der Waals surface area contributed by atoms with Crippen LogP contribution in [0.2, 0.25) is 0 Å². The molecule has 1 amide bonds. The maximum absolute atomic E-state index is 11.9. The zero-order valence-corrected chi connectivity index (χ0v) is 12.5. The molecule has 0 aliphatic heterocycles. The second-order valence-electron chi connectivity index (χ2n) is 6.22. The van der Waals surface area contributed by atoms with E-state index in [1.807, 2.05) is 24.3 Å². The van der Waals surface area contributed by atoms with Gasteiger partial charge in [0.2, 0.25) is 5.91 Å². The smallest absolute Gasteiger partial charge is 0.220 e. The van der Waals surface area contributed by atoms with Crippen LogP contribution >= 0.6 is 0 Å². The van der Waals surface area contributed by atoms with Crippen molar-refractivity contribution in [2.24, 2.45) is 11.8 Å². The van der Waals surface area contributed by atoms with E-state index in [9.17, 15) is 4.79 Å². The third-order valence-corrected chi connectivity index (χ3v) is 4.46. The maximum Gasteiger partial charge on any atom is 0.220 e. The molecule has 0 spiro atoms. The largest absolute Gasteiger partial charge is 0.494 e. The number of amides is 1. The average Bonchev–Trinajstić information content (AvgIpc) is 3.08. The van der Waals surface area contributed by atoms with Crippen LogP contribution in [-0.4, -0.2) is 18.6 Å². The number of hydrogen-bond acceptors (Lipinski definition) is 2. The van der Waals surface area contributed by atoms with Crippen LogP contribution in [0.4, 0.5) is 0 Å². The van der Waals surface area contributed by atoms with Gasteiger partial charge in [0.25, 0.3) is 0 Å². The third kappa shape index (κ3) is 3.66. The molecule has 1 N–H and O–H groups in total. The van der Waals surface area contributed by atoms with Crippen LogP contribution in [0.3, 0.4) is 0 Å². The minimum atomic E-state index is 0.161. The van der Waals surface area contributed by atoms with E-state index in [1.54, 1.807) is 0 Å².